The van der Waals surface area contributed by atoms with Gasteiger partial charge in [0, 0.05) is 29.8 Å². The van der Waals surface area contributed by atoms with Crippen LogP contribution in [-0.4, -0.2) is 22.8 Å². The molecule has 0 aliphatic heterocycles. The van der Waals surface area contributed by atoms with Crippen molar-refractivity contribution in [3.8, 4) is 6.07 Å². The molecule has 0 aliphatic carbocycles. The third-order valence-corrected chi connectivity index (χ3v) is 3.33. The molecule has 100 valence electrons. The summed E-state index contributed by atoms with van der Waals surface area (Å²) in [6.45, 7) is 0.510. The third kappa shape index (κ3) is 3.43. The van der Waals surface area contributed by atoms with Crippen LogP contribution in [0.15, 0.2) is 47.1 Å². The SMILES string of the molecule is CN(Cc1ccc(Br)cc1)C(=O)c1ccnc(C#N)c1. The standard InChI is InChI=1S/C15H12BrN3O/c1-19(10-11-2-4-13(16)5-3-11)15(20)12-6-7-18-14(8-12)9-17/h2-8H,10H2,1H3. The molecule has 1 aromatic heterocycles. The Hall–Kier alpha value is -2.19. The summed E-state index contributed by atoms with van der Waals surface area (Å²) in [5.74, 6) is -0.133. The van der Waals surface area contributed by atoms with Gasteiger partial charge in [-0.3, -0.25) is 4.79 Å². The summed E-state index contributed by atoms with van der Waals surface area (Å²) in [4.78, 5) is 17.7. The zero-order valence-corrected chi connectivity index (χ0v) is 12.5. The first kappa shape index (κ1) is 14.2. The molecule has 2 rings (SSSR count). The Morgan fingerprint density at radius 1 is 1.35 bits per heavy atom. The summed E-state index contributed by atoms with van der Waals surface area (Å²) >= 11 is 3.38. The molecule has 0 N–H and O–H groups in total. The second-order valence-electron chi connectivity index (χ2n) is 4.33. The highest BCUT2D eigenvalue weighted by atomic mass is 79.9. The summed E-state index contributed by atoms with van der Waals surface area (Å²) < 4.78 is 1.00. The average Bonchev–Trinajstić information content (AvgIpc) is 2.48. The van der Waals surface area contributed by atoms with E-state index < -0.39 is 0 Å². The van der Waals surface area contributed by atoms with Gasteiger partial charge in [0.25, 0.3) is 5.91 Å². The number of amides is 1. The maximum Gasteiger partial charge on any atom is 0.254 e. The van der Waals surface area contributed by atoms with Crippen LogP contribution in [-0.2, 0) is 6.54 Å². The van der Waals surface area contributed by atoms with Crippen molar-refractivity contribution < 1.29 is 4.79 Å². The molecule has 5 heteroatoms. The van der Waals surface area contributed by atoms with Gasteiger partial charge in [0.15, 0.2) is 0 Å². The maximum atomic E-state index is 12.3. The monoisotopic (exact) mass is 329 g/mol. The van der Waals surface area contributed by atoms with Crippen molar-refractivity contribution in [2.45, 2.75) is 6.54 Å². The zero-order chi connectivity index (χ0) is 14.5. The molecule has 0 atom stereocenters. The number of benzene rings is 1. The van der Waals surface area contributed by atoms with E-state index in [0.29, 0.717) is 12.1 Å². The first-order valence-electron chi connectivity index (χ1n) is 5.96. The minimum Gasteiger partial charge on any atom is -0.337 e. The fourth-order valence-electron chi connectivity index (χ4n) is 1.78. The molecule has 0 saturated carbocycles. The van der Waals surface area contributed by atoms with Crippen LogP contribution in [0.2, 0.25) is 0 Å². The van der Waals surface area contributed by atoms with Crippen LogP contribution in [0.4, 0.5) is 0 Å². The summed E-state index contributed by atoms with van der Waals surface area (Å²) in [7, 11) is 1.73. The van der Waals surface area contributed by atoms with Gasteiger partial charge in [-0.2, -0.15) is 5.26 Å². The first-order chi connectivity index (χ1) is 9.60. The van der Waals surface area contributed by atoms with Crippen LogP contribution in [0, 0.1) is 11.3 Å². The molecule has 2 aromatic rings. The van der Waals surface area contributed by atoms with Gasteiger partial charge in [0.2, 0.25) is 0 Å². The van der Waals surface area contributed by atoms with Crippen LogP contribution in [0.3, 0.4) is 0 Å². The van der Waals surface area contributed by atoms with Gasteiger partial charge in [0.1, 0.15) is 11.8 Å². The number of nitriles is 1. The minimum absolute atomic E-state index is 0.133. The van der Waals surface area contributed by atoms with E-state index in [1.807, 2.05) is 30.3 Å². The van der Waals surface area contributed by atoms with Crippen molar-refractivity contribution in [3.63, 3.8) is 0 Å². The molecular formula is C15H12BrN3O. The second kappa shape index (κ2) is 6.31. The Bertz CT molecular complexity index is 662. The Balaban J connectivity index is 2.12. The van der Waals surface area contributed by atoms with E-state index in [9.17, 15) is 4.79 Å². The van der Waals surface area contributed by atoms with E-state index in [-0.39, 0.29) is 11.6 Å². The van der Waals surface area contributed by atoms with Crippen molar-refractivity contribution in [2.75, 3.05) is 7.05 Å². The van der Waals surface area contributed by atoms with Gasteiger partial charge in [0.05, 0.1) is 0 Å². The fourth-order valence-corrected chi connectivity index (χ4v) is 2.04. The molecule has 4 nitrogen and oxygen atoms in total. The zero-order valence-electron chi connectivity index (χ0n) is 10.9. The predicted octanol–water partition coefficient (Wildman–Crippen LogP) is 2.99. The molecule has 20 heavy (non-hydrogen) atoms. The van der Waals surface area contributed by atoms with E-state index in [1.54, 1.807) is 18.0 Å². The van der Waals surface area contributed by atoms with Gasteiger partial charge in [-0.15, -0.1) is 0 Å². The van der Waals surface area contributed by atoms with E-state index in [4.69, 9.17) is 5.26 Å². The fraction of sp³-hybridized carbons (Fsp3) is 0.133. The largest absolute Gasteiger partial charge is 0.337 e. The van der Waals surface area contributed by atoms with Gasteiger partial charge in [-0.25, -0.2) is 4.98 Å². The highest BCUT2D eigenvalue weighted by molar-refractivity contribution is 9.10. The second-order valence-corrected chi connectivity index (χ2v) is 5.24. The molecular weight excluding hydrogens is 318 g/mol. The number of hydrogen-bond donors (Lipinski definition) is 0. The molecule has 1 aromatic carbocycles. The van der Waals surface area contributed by atoms with Gasteiger partial charge in [-0.05, 0) is 29.8 Å². The molecule has 0 spiro atoms. The molecule has 0 fully saturated rings. The van der Waals surface area contributed by atoms with Crippen molar-refractivity contribution in [2.24, 2.45) is 0 Å². The van der Waals surface area contributed by atoms with E-state index in [2.05, 4.69) is 20.9 Å². The topological polar surface area (TPSA) is 57.0 Å². The number of nitrogens with zero attached hydrogens (tertiary/aromatic N) is 3. The van der Waals surface area contributed by atoms with Crippen LogP contribution < -0.4 is 0 Å². The molecule has 0 bridgehead atoms. The Kier molecular flexibility index (Phi) is 4.49. The predicted molar refractivity (Wildman–Crippen MR) is 78.9 cm³/mol. The highest BCUT2D eigenvalue weighted by Gasteiger charge is 2.12. The van der Waals surface area contributed by atoms with Crippen molar-refractivity contribution in [1.82, 2.24) is 9.88 Å². The molecule has 0 saturated heterocycles. The molecule has 0 radical (unpaired) electrons. The number of rotatable bonds is 3. The maximum absolute atomic E-state index is 12.3. The Labute approximate surface area is 125 Å². The van der Waals surface area contributed by atoms with E-state index in [1.165, 1.54) is 12.3 Å². The first-order valence-corrected chi connectivity index (χ1v) is 6.75. The molecule has 0 unspecified atom stereocenters. The molecule has 1 heterocycles. The van der Waals surface area contributed by atoms with Crippen LogP contribution in [0.5, 0.6) is 0 Å². The quantitative estimate of drug-likeness (QED) is 0.869. The van der Waals surface area contributed by atoms with Crippen LogP contribution >= 0.6 is 15.9 Å². The number of carbonyl (C=O) groups is 1. The van der Waals surface area contributed by atoms with Gasteiger partial charge >= 0.3 is 0 Å². The number of pyridine rings is 1. The van der Waals surface area contributed by atoms with E-state index >= 15 is 0 Å². The number of halogens is 1. The number of aromatic nitrogens is 1. The Morgan fingerprint density at radius 2 is 2.05 bits per heavy atom. The smallest absolute Gasteiger partial charge is 0.254 e. The third-order valence-electron chi connectivity index (χ3n) is 2.80. The van der Waals surface area contributed by atoms with E-state index in [0.717, 1.165) is 10.0 Å². The van der Waals surface area contributed by atoms with Crippen LogP contribution in [0.25, 0.3) is 0 Å². The lowest BCUT2D eigenvalue weighted by Crippen LogP contribution is -2.26. The lowest BCUT2D eigenvalue weighted by molar-refractivity contribution is 0.0785. The summed E-state index contributed by atoms with van der Waals surface area (Å²) in [6, 6.07) is 12.8. The number of carbonyl (C=O) groups excluding carboxylic acids is 1. The van der Waals surface area contributed by atoms with Gasteiger partial charge in [-0.1, -0.05) is 28.1 Å². The highest BCUT2D eigenvalue weighted by Crippen LogP contribution is 2.13. The lowest BCUT2D eigenvalue weighted by Gasteiger charge is -2.17. The normalized spacial score (nSPS) is 9.85. The summed E-state index contributed by atoms with van der Waals surface area (Å²) in [6.07, 6.45) is 1.47. The van der Waals surface area contributed by atoms with Crippen molar-refractivity contribution in [3.05, 3.63) is 63.9 Å². The molecule has 1 amide bonds. The Morgan fingerprint density at radius 3 is 2.70 bits per heavy atom. The minimum atomic E-state index is -0.133. The number of hydrogen-bond acceptors (Lipinski definition) is 3. The molecule has 0 aliphatic rings. The van der Waals surface area contributed by atoms with Crippen LogP contribution in [0.1, 0.15) is 21.6 Å². The van der Waals surface area contributed by atoms with Crippen molar-refractivity contribution >= 4 is 21.8 Å². The summed E-state index contributed by atoms with van der Waals surface area (Å²) in [5, 5.41) is 8.80. The van der Waals surface area contributed by atoms with Crippen molar-refractivity contribution in [1.29, 1.82) is 5.26 Å². The summed E-state index contributed by atoms with van der Waals surface area (Å²) in [5.41, 5.74) is 1.75. The average molecular weight is 330 g/mol. The van der Waals surface area contributed by atoms with Gasteiger partial charge < -0.3 is 4.90 Å². The lowest BCUT2D eigenvalue weighted by atomic mass is 10.2.